The lowest BCUT2D eigenvalue weighted by Gasteiger charge is -2.01. The predicted molar refractivity (Wildman–Crippen MR) is 62.7 cm³/mol. The first-order valence-electron chi connectivity index (χ1n) is 5.23. The van der Waals surface area contributed by atoms with Crippen LogP contribution in [-0.2, 0) is 0 Å². The number of aromatic amines is 1. The van der Waals surface area contributed by atoms with Gasteiger partial charge in [0.25, 0.3) is 5.91 Å². The van der Waals surface area contributed by atoms with Crippen molar-refractivity contribution in [2.75, 3.05) is 6.54 Å². The first-order chi connectivity index (χ1) is 7.63. The smallest absolute Gasteiger partial charge is 0.253 e. The van der Waals surface area contributed by atoms with Gasteiger partial charge < -0.3 is 15.4 Å². The molecule has 1 heterocycles. The van der Waals surface area contributed by atoms with Crippen LogP contribution in [0.4, 0.5) is 0 Å². The normalized spacial score (nSPS) is 10.6. The summed E-state index contributed by atoms with van der Waals surface area (Å²) in [4.78, 5) is 15.0. The van der Waals surface area contributed by atoms with Crippen LogP contribution in [0.25, 0.3) is 10.9 Å². The molecule has 0 aliphatic rings. The number of phenolic OH excluding ortho intramolecular Hbond substituents is 1. The molecule has 0 aliphatic heterocycles. The maximum absolute atomic E-state index is 11.8. The molecule has 0 aliphatic carbocycles. The summed E-state index contributed by atoms with van der Waals surface area (Å²) in [6.07, 6.45) is 0. The first kappa shape index (κ1) is 10.5. The van der Waals surface area contributed by atoms with E-state index in [9.17, 15) is 9.90 Å². The molecule has 3 N–H and O–H groups in total. The molecule has 4 heteroatoms. The van der Waals surface area contributed by atoms with Crippen molar-refractivity contribution >= 4 is 16.8 Å². The summed E-state index contributed by atoms with van der Waals surface area (Å²) in [5, 5.41) is 12.9. The fraction of sp³-hybridized carbons (Fsp3) is 0.250. The maximum Gasteiger partial charge on any atom is 0.253 e. The monoisotopic (exact) mass is 218 g/mol. The average Bonchev–Trinajstić information content (AvgIpc) is 2.53. The Balaban J connectivity index is 2.62. The number of aromatic hydroxyl groups is 1. The van der Waals surface area contributed by atoms with Gasteiger partial charge in [0.2, 0.25) is 0 Å². The second-order valence-corrected chi connectivity index (χ2v) is 3.71. The number of hydrogen-bond acceptors (Lipinski definition) is 2. The van der Waals surface area contributed by atoms with Gasteiger partial charge >= 0.3 is 0 Å². The second-order valence-electron chi connectivity index (χ2n) is 3.71. The summed E-state index contributed by atoms with van der Waals surface area (Å²) in [5.41, 5.74) is 2.27. The Morgan fingerprint density at radius 2 is 2.25 bits per heavy atom. The van der Waals surface area contributed by atoms with Crippen LogP contribution in [0.1, 0.15) is 23.0 Å². The van der Waals surface area contributed by atoms with Crippen LogP contribution in [0.5, 0.6) is 5.75 Å². The molecule has 4 nitrogen and oxygen atoms in total. The second kappa shape index (κ2) is 3.89. The van der Waals surface area contributed by atoms with Crippen LogP contribution in [0.3, 0.4) is 0 Å². The number of H-pyrrole nitrogens is 1. The number of nitrogens with one attached hydrogen (secondary N) is 2. The Hall–Kier alpha value is -1.97. The first-order valence-corrected chi connectivity index (χ1v) is 5.23. The van der Waals surface area contributed by atoms with E-state index in [-0.39, 0.29) is 11.7 Å². The van der Waals surface area contributed by atoms with E-state index in [1.54, 1.807) is 18.2 Å². The molecule has 0 fully saturated rings. The van der Waals surface area contributed by atoms with E-state index in [0.717, 1.165) is 16.6 Å². The van der Waals surface area contributed by atoms with E-state index in [2.05, 4.69) is 10.3 Å². The minimum atomic E-state index is -0.114. The van der Waals surface area contributed by atoms with Crippen LogP contribution < -0.4 is 5.32 Å². The zero-order chi connectivity index (χ0) is 11.7. The molecule has 84 valence electrons. The molecule has 0 saturated heterocycles. The van der Waals surface area contributed by atoms with Gasteiger partial charge in [-0.25, -0.2) is 0 Å². The number of benzene rings is 1. The lowest BCUT2D eigenvalue weighted by molar-refractivity contribution is 0.0957. The Kier molecular flexibility index (Phi) is 2.56. The van der Waals surface area contributed by atoms with Crippen molar-refractivity contribution in [1.82, 2.24) is 10.3 Å². The summed E-state index contributed by atoms with van der Waals surface area (Å²) in [7, 11) is 0. The Morgan fingerprint density at radius 3 is 2.94 bits per heavy atom. The van der Waals surface area contributed by atoms with Gasteiger partial charge in [0, 0.05) is 23.1 Å². The molecule has 16 heavy (non-hydrogen) atoms. The van der Waals surface area contributed by atoms with Crippen LogP contribution in [-0.4, -0.2) is 22.5 Å². The van der Waals surface area contributed by atoms with Gasteiger partial charge in [0.05, 0.1) is 5.56 Å². The summed E-state index contributed by atoms with van der Waals surface area (Å²) in [5.74, 6) is 0.0499. The number of fused-ring (bicyclic) bond motifs is 1. The lowest BCUT2D eigenvalue weighted by Crippen LogP contribution is -2.23. The van der Waals surface area contributed by atoms with Crippen molar-refractivity contribution in [2.45, 2.75) is 13.8 Å². The van der Waals surface area contributed by atoms with Gasteiger partial charge in [0.15, 0.2) is 0 Å². The van der Waals surface area contributed by atoms with Gasteiger partial charge in [-0.3, -0.25) is 4.79 Å². The van der Waals surface area contributed by atoms with Crippen molar-refractivity contribution in [2.24, 2.45) is 0 Å². The van der Waals surface area contributed by atoms with Gasteiger partial charge in [0.1, 0.15) is 5.75 Å². The van der Waals surface area contributed by atoms with Gasteiger partial charge in [-0.1, -0.05) is 0 Å². The summed E-state index contributed by atoms with van der Waals surface area (Å²) in [6, 6.07) is 4.96. The number of rotatable bonds is 2. The van der Waals surface area contributed by atoms with Crippen LogP contribution in [0, 0.1) is 6.92 Å². The predicted octanol–water partition coefficient (Wildman–Crippen LogP) is 1.93. The Bertz CT molecular complexity index is 543. The fourth-order valence-electron chi connectivity index (χ4n) is 1.86. The summed E-state index contributed by atoms with van der Waals surface area (Å²) in [6.45, 7) is 4.31. The number of carbonyl (C=O) groups is 1. The number of amides is 1. The van der Waals surface area contributed by atoms with Crippen LogP contribution in [0.2, 0.25) is 0 Å². The van der Waals surface area contributed by atoms with Crippen molar-refractivity contribution in [3.05, 3.63) is 29.5 Å². The van der Waals surface area contributed by atoms with Crippen LogP contribution >= 0.6 is 0 Å². The molecule has 0 unspecified atom stereocenters. The number of phenols is 1. The van der Waals surface area contributed by atoms with Crippen molar-refractivity contribution < 1.29 is 9.90 Å². The maximum atomic E-state index is 11.8. The van der Waals surface area contributed by atoms with Gasteiger partial charge in [-0.2, -0.15) is 0 Å². The van der Waals surface area contributed by atoms with E-state index in [1.165, 1.54) is 0 Å². The highest BCUT2D eigenvalue weighted by molar-refractivity contribution is 6.08. The SMILES string of the molecule is CCNC(=O)c1c(C)[nH]c2ccc(O)cc12. The molecule has 0 atom stereocenters. The number of aromatic nitrogens is 1. The van der Waals surface area contributed by atoms with E-state index in [1.807, 2.05) is 13.8 Å². The molecule has 0 radical (unpaired) electrons. The highest BCUT2D eigenvalue weighted by atomic mass is 16.3. The quantitative estimate of drug-likeness (QED) is 0.721. The summed E-state index contributed by atoms with van der Waals surface area (Å²) < 4.78 is 0. The standard InChI is InChI=1S/C12H14N2O2/c1-3-13-12(16)11-7(2)14-10-5-4-8(15)6-9(10)11/h4-6,14-15H,3H2,1-2H3,(H,13,16). The molecule has 2 aromatic rings. The molecule has 2 rings (SSSR count). The highest BCUT2D eigenvalue weighted by Crippen LogP contribution is 2.25. The fourth-order valence-corrected chi connectivity index (χ4v) is 1.86. The molecule has 0 spiro atoms. The molecule has 0 bridgehead atoms. The number of aryl methyl sites for hydroxylation is 1. The minimum Gasteiger partial charge on any atom is -0.508 e. The zero-order valence-corrected chi connectivity index (χ0v) is 9.29. The molecule has 1 amide bonds. The van der Waals surface area contributed by atoms with Crippen molar-refractivity contribution in [3.8, 4) is 5.75 Å². The lowest BCUT2D eigenvalue weighted by atomic mass is 10.1. The van der Waals surface area contributed by atoms with E-state index in [0.29, 0.717) is 12.1 Å². The van der Waals surface area contributed by atoms with E-state index in [4.69, 9.17) is 0 Å². The van der Waals surface area contributed by atoms with E-state index >= 15 is 0 Å². The van der Waals surface area contributed by atoms with Gasteiger partial charge in [-0.05, 0) is 32.0 Å². The Morgan fingerprint density at radius 1 is 1.50 bits per heavy atom. The third kappa shape index (κ3) is 1.62. The average molecular weight is 218 g/mol. The molecule has 1 aromatic carbocycles. The number of carbonyl (C=O) groups excluding carboxylic acids is 1. The van der Waals surface area contributed by atoms with Crippen LogP contribution in [0.15, 0.2) is 18.2 Å². The van der Waals surface area contributed by atoms with Crippen molar-refractivity contribution in [1.29, 1.82) is 0 Å². The molecule has 1 aromatic heterocycles. The molecular formula is C12H14N2O2. The van der Waals surface area contributed by atoms with E-state index < -0.39 is 0 Å². The summed E-state index contributed by atoms with van der Waals surface area (Å²) >= 11 is 0. The topological polar surface area (TPSA) is 65.1 Å². The molecule has 0 saturated carbocycles. The number of hydrogen-bond donors (Lipinski definition) is 3. The minimum absolute atomic E-state index is 0.114. The zero-order valence-electron chi connectivity index (χ0n) is 9.29. The largest absolute Gasteiger partial charge is 0.508 e. The molecular weight excluding hydrogens is 204 g/mol. The highest BCUT2D eigenvalue weighted by Gasteiger charge is 2.15. The third-order valence-corrected chi connectivity index (χ3v) is 2.53. The third-order valence-electron chi connectivity index (χ3n) is 2.53. The Labute approximate surface area is 93.3 Å². The van der Waals surface area contributed by atoms with Crippen molar-refractivity contribution in [3.63, 3.8) is 0 Å². The van der Waals surface area contributed by atoms with Gasteiger partial charge in [-0.15, -0.1) is 0 Å².